The summed E-state index contributed by atoms with van der Waals surface area (Å²) in [5, 5.41) is 0. The Bertz CT molecular complexity index is 1800. The van der Waals surface area contributed by atoms with E-state index in [-0.39, 0.29) is 5.75 Å². The number of aryl methyl sites for hydroxylation is 2. The van der Waals surface area contributed by atoms with Crippen molar-refractivity contribution in [1.82, 2.24) is 0 Å². The van der Waals surface area contributed by atoms with Crippen LogP contribution in [0.4, 0.5) is 21.9 Å². The van der Waals surface area contributed by atoms with Crippen molar-refractivity contribution in [2.75, 3.05) is 19.1 Å². The molecule has 238 valence electrons. The smallest absolute Gasteiger partial charge is 0.497 e. The Morgan fingerprint density at radius 3 is 1.32 bits per heavy atom. The van der Waals surface area contributed by atoms with E-state index >= 15 is 0 Å². The molecule has 0 amide bonds. The molecule has 0 radical (unpaired) electrons. The van der Waals surface area contributed by atoms with E-state index in [9.17, 15) is 14.4 Å². The highest BCUT2D eigenvalue weighted by Gasteiger charge is 2.32. The van der Waals surface area contributed by atoms with Crippen LogP contribution >= 0.6 is 0 Å². The van der Waals surface area contributed by atoms with E-state index in [4.69, 9.17) is 9.47 Å². The Balaban J connectivity index is 1.51. The van der Waals surface area contributed by atoms with Crippen LogP contribution in [0.3, 0.4) is 0 Å². The Kier molecular flexibility index (Phi) is 9.71. The van der Waals surface area contributed by atoms with Gasteiger partial charge < -0.3 is 23.8 Å². The van der Waals surface area contributed by atoms with Crippen LogP contribution in [0.2, 0.25) is 0 Å². The SMILES string of the molecule is COC(=O)C(=O)OC(=O)Oc1ccc(C(C)(c2ccc(OC)cc2)c2ccc(N(c3ccc(C)cc3)c3ccc(C)cc3)cc2)cc1. The number of esters is 2. The molecule has 0 heterocycles. The highest BCUT2D eigenvalue weighted by molar-refractivity contribution is 6.31. The van der Waals surface area contributed by atoms with Gasteiger partial charge in [-0.15, -0.1) is 0 Å². The van der Waals surface area contributed by atoms with Gasteiger partial charge in [0.25, 0.3) is 0 Å². The summed E-state index contributed by atoms with van der Waals surface area (Å²) in [5.74, 6) is -1.90. The number of carbonyl (C=O) groups excluding carboxylic acids is 3. The Labute approximate surface area is 274 Å². The van der Waals surface area contributed by atoms with Gasteiger partial charge in [0.1, 0.15) is 11.5 Å². The van der Waals surface area contributed by atoms with E-state index in [1.807, 2.05) is 36.4 Å². The lowest BCUT2D eigenvalue weighted by molar-refractivity contribution is -0.162. The van der Waals surface area contributed by atoms with Crippen molar-refractivity contribution in [2.45, 2.75) is 26.2 Å². The van der Waals surface area contributed by atoms with Crippen LogP contribution in [0.1, 0.15) is 34.7 Å². The molecule has 1 unspecified atom stereocenters. The first-order chi connectivity index (χ1) is 22.6. The predicted molar refractivity (Wildman–Crippen MR) is 180 cm³/mol. The molecular formula is C39H35NO7. The molecule has 47 heavy (non-hydrogen) atoms. The number of benzene rings is 5. The van der Waals surface area contributed by atoms with Gasteiger partial charge in [-0.3, -0.25) is 0 Å². The van der Waals surface area contributed by atoms with E-state index in [1.54, 1.807) is 19.2 Å². The first-order valence-electron chi connectivity index (χ1n) is 14.9. The Morgan fingerprint density at radius 2 is 0.915 bits per heavy atom. The first-order valence-corrected chi connectivity index (χ1v) is 14.9. The van der Waals surface area contributed by atoms with Crippen molar-refractivity contribution in [3.05, 3.63) is 149 Å². The second kappa shape index (κ2) is 14.0. The van der Waals surface area contributed by atoms with Crippen LogP contribution in [0.25, 0.3) is 0 Å². The van der Waals surface area contributed by atoms with Gasteiger partial charge in [0.05, 0.1) is 14.2 Å². The van der Waals surface area contributed by atoms with Gasteiger partial charge in [0, 0.05) is 22.5 Å². The number of carbonyl (C=O) groups is 3. The molecule has 5 rings (SSSR count). The van der Waals surface area contributed by atoms with Crippen molar-refractivity contribution < 1.29 is 33.3 Å². The van der Waals surface area contributed by atoms with Crippen LogP contribution in [0.15, 0.2) is 121 Å². The van der Waals surface area contributed by atoms with Crippen LogP contribution in [-0.4, -0.2) is 32.3 Å². The Hall–Kier alpha value is -5.89. The average molecular weight is 630 g/mol. The quantitative estimate of drug-likeness (QED) is 0.0556. The summed E-state index contributed by atoms with van der Waals surface area (Å²) in [5.41, 5.74) is 7.78. The van der Waals surface area contributed by atoms with Gasteiger partial charge in [0.2, 0.25) is 0 Å². The number of methoxy groups -OCH3 is 2. The van der Waals surface area contributed by atoms with Gasteiger partial charge in [-0.1, -0.05) is 71.8 Å². The zero-order valence-corrected chi connectivity index (χ0v) is 26.9. The van der Waals surface area contributed by atoms with E-state index in [1.165, 1.54) is 11.1 Å². The van der Waals surface area contributed by atoms with E-state index in [0.717, 1.165) is 46.6 Å². The van der Waals surface area contributed by atoms with Gasteiger partial charge in [-0.05, 0) is 98.1 Å². The van der Waals surface area contributed by atoms with Crippen molar-refractivity contribution >= 4 is 35.2 Å². The van der Waals surface area contributed by atoms with Crippen molar-refractivity contribution in [1.29, 1.82) is 0 Å². The predicted octanol–water partition coefficient (Wildman–Crippen LogP) is 8.35. The molecule has 0 N–H and O–H groups in total. The van der Waals surface area contributed by atoms with Crippen molar-refractivity contribution in [2.24, 2.45) is 0 Å². The molecule has 5 aromatic rings. The van der Waals surface area contributed by atoms with Gasteiger partial charge in [-0.25, -0.2) is 14.4 Å². The highest BCUT2D eigenvalue weighted by Crippen LogP contribution is 2.42. The zero-order chi connectivity index (χ0) is 33.6. The number of anilines is 3. The third-order valence-electron chi connectivity index (χ3n) is 8.12. The number of nitrogens with zero attached hydrogens (tertiary/aromatic N) is 1. The lowest BCUT2D eigenvalue weighted by atomic mass is 9.71. The maximum atomic E-state index is 12.1. The monoisotopic (exact) mass is 629 g/mol. The second-order valence-electron chi connectivity index (χ2n) is 11.2. The fourth-order valence-corrected chi connectivity index (χ4v) is 5.38. The van der Waals surface area contributed by atoms with Crippen LogP contribution in [0.5, 0.6) is 11.5 Å². The summed E-state index contributed by atoms with van der Waals surface area (Å²) in [6.07, 6.45) is -1.34. The molecule has 1 atom stereocenters. The molecule has 0 saturated heterocycles. The molecule has 0 fully saturated rings. The molecule has 0 aromatic heterocycles. The molecule has 0 saturated carbocycles. The van der Waals surface area contributed by atoms with E-state index < -0.39 is 23.5 Å². The van der Waals surface area contributed by atoms with Crippen LogP contribution in [0, 0.1) is 13.8 Å². The molecule has 5 aromatic carbocycles. The summed E-state index contributed by atoms with van der Waals surface area (Å²) in [6, 6.07) is 40.2. The van der Waals surface area contributed by atoms with Crippen molar-refractivity contribution in [3.63, 3.8) is 0 Å². The van der Waals surface area contributed by atoms with E-state index in [2.05, 4.69) is 108 Å². The first kappa shape index (κ1) is 32.5. The molecular weight excluding hydrogens is 594 g/mol. The Morgan fingerprint density at radius 1 is 0.532 bits per heavy atom. The highest BCUT2D eigenvalue weighted by atomic mass is 16.7. The average Bonchev–Trinajstić information content (AvgIpc) is 3.10. The minimum absolute atomic E-state index is 0.135. The largest absolute Gasteiger partial charge is 0.522 e. The lowest BCUT2D eigenvalue weighted by Gasteiger charge is -2.33. The number of rotatable bonds is 8. The minimum atomic E-state index is -1.46. The third-order valence-corrected chi connectivity index (χ3v) is 8.12. The minimum Gasteiger partial charge on any atom is -0.497 e. The molecule has 0 aliphatic carbocycles. The van der Waals surface area contributed by atoms with E-state index in [0.29, 0.717) is 0 Å². The molecule has 0 aliphatic heterocycles. The molecule has 8 heteroatoms. The summed E-state index contributed by atoms with van der Waals surface area (Å²) < 4.78 is 19.2. The normalized spacial score (nSPS) is 11.9. The van der Waals surface area contributed by atoms with Gasteiger partial charge in [-0.2, -0.15) is 0 Å². The van der Waals surface area contributed by atoms with Gasteiger partial charge in [0.15, 0.2) is 0 Å². The second-order valence-corrected chi connectivity index (χ2v) is 11.2. The third kappa shape index (κ3) is 7.17. The summed E-state index contributed by atoms with van der Waals surface area (Å²) in [7, 11) is 2.63. The summed E-state index contributed by atoms with van der Waals surface area (Å²) in [4.78, 5) is 37.1. The molecule has 0 aliphatic rings. The van der Waals surface area contributed by atoms with Crippen LogP contribution in [-0.2, 0) is 24.5 Å². The van der Waals surface area contributed by atoms with Gasteiger partial charge >= 0.3 is 18.1 Å². The number of hydrogen-bond donors (Lipinski definition) is 0. The topological polar surface area (TPSA) is 91.4 Å². The summed E-state index contributed by atoms with van der Waals surface area (Å²) >= 11 is 0. The molecule has 0 spiro atoms. The number of hydrogen-bond acceptors (Lipinski definition) is 8. The van der Waals surface area contributed by atoms with Crippen molar-refractivity contribution in [3.8, 4) is 11.5 Å². The molecule has 8 nitrogen and oxygen atoms in total. The molecule has 0 bridgehead atoms. The lowest BCUT2D eigenvalue weighted by Crippen LogP contribution is -2.26. The fraction of sp³-hybridized carbons (Fsp3) is 0.154. The maximum Gasteiger partial charge on any atom is 0.522 e. The fourth-order valence-electron chi connectivity index (χ4n) is 5.38. The standard InChI is InChI=1S/C39H35NO7/c1-26-6-16-31(17-7-26)40(32-18-8-27(2)9-19-32)33-20-10-28(11-21-33)39(3,29-12-22-34(44-4)23-13-29)30-14-24-35(25-15-30)46-38(43)47-37(42)36(41)45-5/h6-25H,1-5H3. The summed E-state index contributed by atoms with van der Waals surface area (Å²) in [6.45, 7) is 6.27. The zero-order valence-electron chi connectivity index (χ0n) is 26.9. The van der Waals surface area contributed by atoms with Crippen LogP contribution < -0.4 is 14.4 Å². The maximum absolute atomic E-state index is 12.1. The number of ether oxygens (including phenoxy) is 4.